The smallest absolute Gasteiger partial charge is 0.342 e. The number of aliphatic hydroxyl groups is 1. The van der Waals surface area contributed by atoms with Crippen molar-refractivity contribution in [1.29, 1.82) is 0 Å². The molecule has 2 heterocycles. The Labute approximate surface area is 209 Å². The molecule has 4 aliphatic rings. The number of hydrogen-bond donors (Lipinski definition) is 1. The molecule has 9 atom stereocenters. The minimum absolute atomic E-state index is 0.137. The number of aliphatic hydroxyl groups excluding tert-OH is 1. The van der Waals surface area contributed by atoms with Crippen LogP contribution in [0.3, 0.4) is 0 Å². The van der Waals surface area contributed by atoms with Crippen LogP contribution >= 0.6 is 0 Å². The van der Waals surface area contributed by atoms with Gasteiger partial charge >= 0.3 is 23.9 Å². The Morgan fingerprint density at radius 2 is 1.64 bits per heavy atom. The number of carbonyl (C=O) groups excluding carboxylic acids is 4. The zero-order valence-electron chi connectivity index (χ0n) is 21.7. The number of epoxide rings is 1. The predicted octanol–water partition coefficient (Wildman–Crippen LogP) is 1.92. The molecule has 0 aromatic heterocycles. The third-order valence-electron chi connectivity index (χ3n) is 8.22. The van der Waals surface area contributed by atoms with Crippen LogP contribution in [-0.4, -0.2) is 70.7 Å². The lowest BCUT2D eigenvalue weighted by molar-refractivity contribution is -0.203. The van der Waals surface area contributed by atoms with Gasteiger partial charge in [0.2, 0.25) is 0 Å². The van der Waals surface area contributed by atoms with Crippen molar-refractivity contribution in [3.8, 4) is 0 Å². The highest BCUT2D eigenvalue weighted by molar-refractivity contribution is 5.89. The minimum atomic E-state index is -1.37. The molecule has 0 saturated carbocycles. The first-order valence-corrected chi connectivity index (χ1v) is 12.1. The van der Waals surface area contributed by atoms with E-state index in [2.05, 4.69) is 0 Å². The lowest BCUT2D eigenvalue weighted by Crippen LogP contribution is -2.63. The third kappa shape index (κ3) is 3.76. The molecular weight excluding hydrogens is 472 g/mol. The highest BCUT2D eigenvalue weighted by Gasteiger charge is 2.87. The van der Waals surface area contributed by atoms with Crippen molar-refractivity contribution in [3.05, 3.63) is 23.3 Å². The van der Waals surface area contributed by atoms with Crippen molar-refractivity contribution in [2.45, 2.75) is 103 Å². The summed E-state index contributed by atoms with van der Waals surface area (Å²) in [6.07, 6.45) is -1.20. The number of ether oxygens (including phenoxy) is 5. The van der Waals surface area contributed by atoms with Gasteiger partial charge in [-0.2, -0.15) is 0 Å². The summed E-state index contributed by atoms with van der Waals surface area (Å²) in [6, 6.07) is 0. The second-order valence-electron chi connectivity index (χ2n) is 10.7. The number of fused-ring (bicyclic) bond motifs is 1. The Hall–Kier alpha value is -2.72. The summed E-state index contributed by atoms with van der Waals surface area (Å²) in [5.41, 5.74) is -2.61. The van der Waals surface area contributed by atoms with E-state index in [0.717, 1.165) is 5.57 Å². The maximum Gasteiger partial charge on any atom is 0.342 e. The molecule has 0 bridgehead atoms. The van der Waals surface area contributed by atoms with Crippen LogP contribution in [0.2, 0.25) is 0 Å². The van der Waals surface area contributed by atoms with E-state index in [1.165, 1.54) is 20.8 Å². The molecule has 0 aromatic rings. The van der Waals surface area contributed by atoms with Gasteiger partial charge in [0.05, 0.1) is 0 Å². The summed E-state index contributed by atoms with van der Waals surface area (Å²) in [5, 5.41) is 11.9. The van der Waals surface area contributed by atoms with Gasteiger partial charge in [-0.15, -0.1) is 0 Å². The van der Waals surface area contributed by atoms with E-state index in [4.69, 9.17) is 23.7 Å². The van der Waals surface area contributed by atoms with Gasteiger partial charge in [0.15, 0.2) is 17.3 Å². The van der Waals surface area contributed by atoms with Crippen LogP contribution in [0, 0.1) is 11.3 Å². The van der Waals surface area contributed by atoms with Gasteiger partial charge < -0.3 is 28.8 Å². The summed E-state index contributed by atoms with van der Waals surface area (Å²) in [7, 11) is 0. The van der Waals surface area contributed by atoms with Crippen LogP contribution in [-0.2, 0) is 42.9 Å². The van der Waals surface area contributed by atoms with E-state index in [1.54, 1.807) is 26.8 Å². The molecule has 2 aliphatic heterocycles. The summed E-state index contributed by atoms with van der Waals surface area (Å²) in [4.78, 5) is 49.5. The molecule has 10 nitrogen and oxygen atoms in total. The second-order valence-corrected chi connectivity index (χ2v) is 10.7. The minimum Gasteiger partial charge on any atom is -0.462 e. The normalized spacial score (nSPS) is 43.4. The van der Waals surface area contributed by atoms with E-state index < -0.39 is 76.9 Å². The fourth-order valence-electron chi connectivity index (χ4n) is 6.54. The largest absolute Gasteiger partial charge is 0.462 e. The molecule has 0 aromatic carbocycles. The topological polar surface area (TPSA) is 138 Å². The van der Waals surface area contributed by atoms with Crippen molar-refractivity contribution < 1.29 is 48.0 Å². The van der Waals surface area contributed by atoms with Crippen molar-refractivity contribution in [1.82, 2.24) is 0 Å². The Bertz CT molecular complexity index is 1060. The zero-order valence-corrected chi connectivity index (χ0v) is 21.7. The highest BCUT2D eigenvalue weighted by Crippen LogP contribution is 2.65. The van der Waals surface area contributed by atoms with E-state index in [-0.39, 0.29) is 12.8 Å². The summed E-state index contributed by atoms with van der Waals surface area (Å²) in [5.74, 6) is -3.11. The van der Waals surface area contributed by atoms with Crippen LogP contribution in [0.15, 0.2) is 23.3 Å². The van der Waals surface area contributed by atoms with E-state index >= 15 is 0 Å². The quantitative estimate of drug-likeness (QED) is 0.261. The first kappa shape index (κ1) is 26.3. The average molecular weight is 507 g/mol. The predicted molar refractivity (Wildman–Crippen MR) is 123 cm³/mol. The van der Waals surface area contributed by atoms with Crippen LogP contribution in [0.25, 0.3) is 0 Å². The van der Waals surface area contributed by atoms with Gasteiger partial charge in [-0.1, -0.05) is 24.1 Å². The molecule has 0 amide bonds. The van der Waals surface area contributed by atoms with Crippen molar-refractivity contribution in [2.24, 2.45) is 11.3 Å². The molecule has 2 saturated heterocycles. The maximum absolute atomic E-state index is 12.9. The van der Waals surface area contributed by atoms with Gasteiger partial charge in [0, 0.05) is 44.9 Å². The van der Waals surface area contributed by atoms with E-state index in [0.29, 0.717) is 5.57 Å². The van der Waals surface area contributed by atoms with Crippen LogP contribution in [0.4, 0.5) is 0 Å². The van der Waals surface area contributed by atoms with Gasteiger partial charge in [-0.05, 0) is 26.8 Å². The molecule has 10 heteroatoms. The second kappa shape index (κ2) is 8.69. The molecule has 0 radical (unpaired) electrons. The first-order valence-electron chi connectivity index (χ1n) is 12.1. The monoisotopic (exact) mass is 506 g/mol. The molecule has 4 rings (SSSR count). The molecule has 36 heavy (non-hydrogen) atoms. The molecule has 9 unspecified atom stereocenters. The number of rotatable bonds is 3. The Morgan fingerprint density at radius 1 is 1.03 bits per heavy atom. The Balaban J connectivity index is 1.99. The van der Waals surface area contributed by atoms with Crippen LogP contribution in [0.5, 0.6) is 0 Å². The maximum atomic E-state index is 12.9. The fraction of sp³-hybridized carbons (Fsp3) is 0.692. The van der Waals surface area contributed by atoms with Crippen molar-refractivity contribution >= 4 is 23.9 Å². The van der Waals surface area contributed by atoms with Crippen LogP contribution in [0.1, 0.15) is 61.3 Å². The molecule has 2 fully saturated rings. The summed E-state index contributed by atoms with van der Waals surface area (Å²) in [6.45, 7) is 10.7. The summed E-state index contributed by atoms with van der Waals surface area (Å²) >= 11 is 0. The van der Waals surface area contributed by atoms with Crippen molar-refractivity contribution in [2.75, 3.05) is 0 Å². The Kier molecular flexibility index (Phi) is 6.36. The van der Waals surface area contributed by atoms with Gasteiger partial charge in [-0.25, -0.2) is 4.79 Å². The van der Waals surface area contributed by atoms with E-state index in [9.17, 15) is 24.3 Å². The number of carbonyl (C=O) groups is 4. The molecule has 1 spiro atoms. The lowest BCUT2D eigenvalue weighted by atomic mass is 9.56. The zero-order chi connectivity index (χ0) is 26.8. The third-order valence-corrected chi connectivity index (χ3v) is 8.22. The number of esters is 4. The summed E-state index contributed by atoms with van der Waals surface area (Å²) < 4.78 is 29.1. The first-order chi connectivity index (χ1) is 16.7. The van der Waals surface area contributed by atoms with E-state index in [1.807, 2.05) is 13.0 Å². The molecule has 1 N–H and O–H groups in total. The highest BCUT2D eigenvalue weighted by atomic mass is 16.7. The van der Waals surface area contributed by atoms with Crippen molar-refractivity contribution in [3.63, 3.8) is 0 Å². The Morgan fingerprint density at radius 3 is 2.19 bits per heavy atom. The van der Waals surface area contributed by atoms with Gasteiger partial charge in [0.1, 0.15) is 24.4 Å². The van der Waals surface area contributed by atoms with Gasteiger partial charge in [0.25, 0.3) is 0 Å². The van der Waals surface area contributed by atoms with Crippen LogP contribution < -0.4 is 0 Å². The molecular formula is C26H34O10. The lowest BCUT2D eigenvalue weighted by Gasteiger charge is -2.53. The average Bonchev–Trinajstić information content (AvgIpc) is 3.34. The van der Waals surface area contributed by atoms with Gasteiger partial charge in [-0.3, -0.25) is 14.4 Å². The molecule has 198 valence electrons. The fourth-order valence-corrected chi connectivity index (χ4v) is 6.54. The molecule has 2 aliphatic carbocycles. The SMILES string of the molecule is CC(=O)OC1CC(C)=CC2OC(=O)C3(C)OC23C(OC(C)=O)C2C(C)=CCC(OC(C)=O)C2(C)C1O. The number of hydrogen-bond acceptors (Lipinski definition) is 10. The standard InChI is InChI=1S/C26H34O10/c1-12-10-17(32-14(3)27)21(30)24(6)18(33-15(4)28)9-8-13(2)20(24)22(34-16(5)29)26-19(11-12)35-23(31)25(26,7)36-26/h8,11,17-22,30H,9-10H2,1-7H3.